The molecule has 0 spiro atoms. The molecule has 3 N–H and O–H groups in total. The molecule has 1 aliphatic rings. The van der Waals surface area contributed by atoms with E-state index >= 15 is 0 Å². The molecular formula is C18H22F3N7O3. The van der Waals surface area contributed by atoms with Crippen LogP contribution < -0.4 is 15.8 Å². The molecule has 0 aromatic carbocycles. The molecule has 2 aromatic heterocycles. The molecule has 0 unspecified atom stereocenters. The van der Waals surface area contributed by atoms with Crippen molar-refractivity contribution in [3.63, 3.8) is 0 Å². The summed E-state index contributed by atoms with van der Waals surface area (Å²) in [6.45, 7) is 3.68. The number of H-pyrrole nitrogens is 1. The van der Waals surface area contributed by atoms with Crippen molar-refractivity contribution >= 4 is 17.7 Å². The zero-order chi connectivity index (χ0) is 22.6. The van der Waals surface area contributed by atoms with Crippen LogP contribution in [0.1, 0.15) is 17.5 Å². The van der Waals surface area contributed by atoms with Gasteiger partial charge >= 0.3 is 6.18 Å². The van der Waals surface area contributed by atoms with Gasteiger partial charge in [0.05, 0.1) is 0 Å². The number of hydrogen-bond donors (Lipinski definition) is 3. The first-order valence-corrected chi connectivity index (χ1v) is 9.56. The highest BCUT2D eigenvalue weighted by Crippen LogP contribution is 2.27. The van der Waals surface area contributed by atoms with Crippen molar-refractivity contribution in [3.8, 4) is 0 Å². The van der Waals surface area contributed by atoms with Crippen molar-refractivity contribution in [2.24, 2.45) is 0 Å². The summed E-state index contributed by atoms with van der Waals surface area (Å²) >= 11 is 0. The van der Waals surface area contributed by atoms with E-state index in [0.29, 0.717) is 38.2 Å². The van der Waals surface area contributed by atoms with Gasteiger partial charge in [-0.1, -0.05) is 0 Å². The number of nitrogens with zero attached hydrogens (tertiary/aromatic N) is 5. The van der Waals surface area contributed by atoms with Crippen molar-refractivity contribution < 1.29 is 23.1 Å². The third kappa shape index (κ3) is 5.69. The van der Waals surface area contributed by atoms with E-state index in [9.17, 15) is 27.9 Å². The van der Waals surface area contributed by atoms with E-state index in [4.69, 9.17) is 0 Å². The van der Waals surface area contributed by atoms with Gasteiger partial charge in [-0.3, -0.25) is 9.59 Å². The highest BCUT2D eigenvalue weighted by atomic mass is 19.4. The number of rotatable bonds is 6. The molecule has 0 aliphatic carbocycles. The molecule has 13 heteroatoms. The van der Waals surface area contributed by atoms with Crippen LogP contribution in [-0.2, 0) is 11.0 Å². The van der Waals surface area contributed by atoms with Crippen molar-refractivity contribution in [3.05, 3.63) is 39.9 Å². The third-order valence-electron chi connectivity index (χ3n) is 4.76. The number of aryl methyl sites for hydroxylation is 1. The molecule has 1 amide bonds. The Morgan fingerprint density at radius 3 is 2.52 bits per heavy atom. The van der Waals surface area contributed by atoms with E-state index in [1.165, 1.54) is 4.90 Å². The predicted octanol–water partition coefficient (Wildman–Crippen LogP) is 0.399. The second-order valence-electron chi connectivity index (χ2n) is 7.10. The van der Waals surface area contributed by atoms with Crippen LogP contribution in [0.5, 0.6) is 0 Å². The van der Waals surface area contributed by atoms with Crippen LogP contribution in [0.2, 0.25) is 0 Å². The van der Waals surface area contributed by atoms with E-state index < -0.39 is 29.3 Å². The number of nitrogens with one attached hydrogen (secondary N) is 2. The van der Waals surface area contributed by atoms with E-state index in [0.717, 1.165) is 5.56 Å². The van der Waals surface area contributed by atoms with Gasteiger partial charge in [-0.2, -0.15) is 18.3 Å². The highest BCUT2D eigenvalue weighted by molar-refractivity contribution is 5.81. The van der Waals surface area contributed by atoms with E-state index in [1.54, 1.807) is 17.5 Å². The summed E-state index contributed by atoms with van der Waals surface area (Å²) in [5.41, 5.74) is -1.78. The zero-order valence-corrected chi connectivity index (χ0v) is 16.7. The maximum Gasteiger partial charge on any atom is 0.421 e. The fraction of sp³-hybridized carbons (Fsp3) is 0.500. The van der Waals surface area contributed by atoms with Crippen molar-refractivity contribution in [2.45, 2.75) is 25.6 Å². The minimum absolute atomic E-state index is 0.0135. The lowest BCUT2D eigenvalue weighted by Gasteiger charge is -2.35. The molecule has 2 aromatic rings. The van der Waals surface area contributed by atoms with Crippen molar-refractivity contribution in [1.29, 1.82) is 0 Å². The lowest BCUT2D eigenvalue weighted by atomic mass is 10.2. The second-order valence-corrected chi connectivity index (χ2v) is 7.10. The van der Waals surface area contributed by atoms with E-state index in [2.05, 4.69) is 20.4 Å². The number of hydrogen-bond acceptors (Lipinski definition) is 8. The molecule has 10 nitrogen and oxygen atoms in total. The molecule has 1 aliphatic heterocycles. The predicted molar refractivity (Wildman–Crippen MR) is 105 cm³/mol. The number of amides is 1. The Kier molecular flexibility index (Phi) is 6.73. The van der Waals surface area contributed by atoms with Crippen LogP contribution in [0.3, 0.4) is 0 Å². The fourth-order valence-corrected chi connectivity index (χ4v) is 3.05. The Balaban J connectivity index is 1.47. The first-order valence-electron chi connectivity index (χ1n) is 9.56. The minimum Gasteiger partial charge on any atom is -0.383 e. The summed E-state index contributed by atoms with van der Waals surface area (Å²) in [4.78, 5) is 35.7. The minimum atomic E-state index is -4.81. The lowest BCUT2D eigenvalue weighted by Crippen LogP contribution is -2.52. The molecule has 3 heterocycles. The lowest BCUT2D eigenvalue weighted by molar-refractivity contribution is -0.140. The normalized spacial score (nSPS) is 15.6. The number of piperazine rings is 1. The summed E-state index contributed by atoms with van der Waals surface area (Å²) in [5, 5.41) is 18.0. The van der Waals surface area contributed by atoms with Gasteiger partial charge in [-0.15, -0.1) is 0 Å². The number of alkyl halides is 3. The Morgan fingerprint density at radius 1 is 1.26 bits per heavy atom. The summed E-state index contributed by atoms with van der Waals surface area (Å²) in [6, 6.07) is 0.583. The molecule has 0 saturated carbocycles. The number of aliphatic hydroxyl groups is 1. The van der Waals surface area contributed by atoms with Gasteiger partial charge in [0.15, 0.2) is 0 Å². The second kappa shape index (κ2) is 9.29. The Labute approximate surface area is 175 Å². The van der Waals surface area contributed by atoms with Gasteiger partial charge < -0.3 is 20.2 Å². The molecule has 1 fully saturated rings. The SMILES string of the molecule is Cc1cnc(N2CCN(C(=O)[C@@H](O)CCNc3cc(C(F)(F)F)c(=O)[nH]n3)CC2)nc1. The molecule has 168 valence electrons. The van der Waals surface area contributed by atoms with Crippen molar-refractivity contribution in [2.75, 3.05) is 42.9 Å². The number of anilines is 2. The Morgan fingerprint density at radius 2 is 1.90 bits per heavy atom. The monoisotopic (exact) mass is 441 g/mol. The number of carbonyl (C=O) groups is 1. The number of halogens is 3. The first-order chi connectivity index (χ1) is 14.6. The van der Waals surface area contributed by atoms with Crippen LogP contribution in [0.25, 0.3) is 0 Å². The first kappa shape index (κ1) is 22.5. The molecule has 0 bridgehead atoms. The average Bonchev–Trinajstić information content (AvgIpc) is 2.74. The van der Waals surface area contributed by atoms with Gasteiger partial charge in [0.1, 0.15) is 17.5 Å². The van der Waals surface area contributed by atoms with Gasteiger partial charge in [0.2, 0.25) is 5.95 Å². The summed E-state index contributed by atoms with van der Waals surface area (Å²) in [6.07, 6.45) is -2.74. The number of aromatic nitrogens is 4. The molecule has 1 atom stereocenters. The number of aromatic amines is 1. The molecule has 3 rings (SSSR count). The van der Waals surface area contributed by atoms with Crippen LogP contribution in [0.15, 0.2) is 23.3 Å². The van der Waals surface area contributed by atoms with Gasteiger partial charge in [-0.05, 0) is 18.9 Å². The zero-order valence-electron chi connectivity index (χ0n) is 16.7. The quantitative estimate of drug-likeness (QED) is 0.588. The highest BCUT2D eigenvalue weighted by Gasteiger charge is 2.34. The Hall–Kier alpha value is -3.22. The van der Waals surface area contributed by atoms with Crippen LogP contribution in [0.4, 0.5) is 24.9 Å². The van der Waals surface area contributed by atoms with Gasteiger partial charge in [0, 0.05) is 51.2 Å². The molecular weight excluding hydrogens is 419 g/mol. The van der Waals surface area contributed by atoms with Gasteiger partial charge in [-0.25, -0.2) is 15.1 Å². The Bertz CT molecular complexity index is 957. The van der Waals surface area contributed by atoms with Crippen LogP contribution >= 0.6 is 0 Å². The molecule has 1 saturated heterocycles. The number of aliphatic hydroxyl groups excluding tert-OH is 1. The topological polar surface area (TPSA) is 127 Å². The fourth-order valence-electron chi connectivity index (χ4n) is 3.05. The largest absolute Gasteiger partial charge is 0.421 e. The molecule has 31 heavy (non-hydrogen) atoms. The van der Waals surface area contributed by atoms with Crippen molar-refractivity contribution in [1.82, 2.24) is 25.1 Å². The maximum absolute atomic E-state index is 12.8. The van der Waals surface area contributed by atoms with E-state index in [-0.39, 0.29) is 18.8 Å². The molecule has 0 radical (unpaired) electrons. The van der Waals surface area contributed by atoms with Gasteiger partial charge in [0.25, 0.3) is 11.5 Å². The third-order valence-corrected chi connectivity index (χ3v) is 4.76. The smallest absolute Gasteiger partial charge is 0.383 e. The maximum atomic E-state index is 12.8. The standard InChI is InChI=1S/C18H22F3N7O3/c1-11-9-23-17(24-10-11)28-6-4-27(5-7-28)16(31)13(29)2-3-22-14-8-12(18(19,20)21)15(30)26-25-14/h8-10,13,29H,2-7H2,1H3,(H,22,25)(H,26,30)/t13-/m0/s1. The average molecular weight is 441 g/mol. The van der Waals surface area contributed by atoms with E-state index in [1.807, 2.05) is 11.8 Å². The number of carbonyl (C=O) groups excluding carboxylic acids is 1. The summed E-state index contributed by atoms with van der Waals surface area (Å²) in [5.74, 6) is -0.0935. The van der Waals surface area contributed by atoms with Crippen LogP contribution in [-0.4, -0.2) is 74.9 Å². The summed E-state index contributed by atoms with van der Waals surface area (Å²) < 4.78 is 38.3. The summed E-state index contributed by atoms with van der Waals surface area (Å²) in [7, 11) is 0. The van der Waals surface area contributed by atoms with Crippen LogP contribution in [0, 0.1) is 6.92 Å².